The molecule has 0 atom stereocenters. The quantitative estimate of drug-likeness (QED) is 0.561. The summed E-state index contributed by atoms with van der Waals surface area (Å²) in [6.45, 7) is 8.23. The molecule has 0 aliphatic heterocycles. The fourth-order valence-electron chi connectivity index (χ4n) is 1.33. The van der Waals surface area contributed by atoms with E-state index in [9.17, 15) is 0 Å². The summed E-state index contributed by atoms with van der Waals surface area (Å²) in [4.78, 5) is 0. The highest BCUT2D eigenvalue weighted by Crippen LogP contribution is 2.23. The second-order valence-electron chi connectivity index (χ2n) is 3.15. The molecule has 0 saturated carbocycles. The van der Waals surface area contributed by atoms with Crippen LogP contribution in [0.1, 0.15) is 33.1 Å². The average molecular weight is 148 g/mol. The maximum atomic E-state index is 3.93. The van der Waals surface area contributed by atoms with Gasteiger partial charge in [-0.25, -0.2) is 0 Å². The topological polar surface area (TPSA) is 0 Å². The number of hydrogen-bond acceptors (Lipinski definition) is 0. The van der Waals surface area contributed by atoms with Gasteiger partial charge in [0, 0.05) is 0 Å². The molecule has 0 bridgehead atoms. The van der Waals surface area contributed by atoms with Crippen LogP contribution in [0.5, 0.6) is 0 Å². The van der Waals surface area contributed by atoms with E-state index in [-0.39, 0.29) is 0 Å². The molecule has 0 unspecified atom stereocenters. The van der Waals surface area contributed by atoms with Crippen LogP contribution in [0.2, 0.25) is 0 Å². The molecule has 0 heterocycles. The summed E-state index contributed by atoms with van der Waals surface area (Å²) in [5, 5.41) is 0. The molecule has 1 aliphatic carbocycles. The molecule has 0 radical (unpaired) electrons. The van der Waals surface area contributed by atoms with E-state index in [1.54, 1.807) is 5.57 Å². The molecule has 0 aromatic rings. The standard InChI is InChI=1S/C11H16/c1-4-10-5-7-11(8-6-10)9(2)3/h5,7H,2,4,6,8H2,1,3H3. The van der Waals surface area contributed by atoms with Gasteiger partial charge in [-0.1, -0.05) is 36.8 Å². The molecule has 0 nitrogen and oxygen atoms in total. The third-order valence-corrected chi connectivity index (χ3v) is 2.24. The van der Waals surface area contributed by atoms with E-state index in [0.717, 1.165) is 0 Å². The molecule has 0 spiro atoms. The zero-order valence-corrected chi connectivity index (χ0v) is 7.48. The van der Waals surface area contributed by atoms with Crippen molar-refractivity contribution in [3.8, 4) is 0 Å². The van der Waals surface area contributed by atoms with Gasteiger partial charge >= 0.3 is 0 Å². The fourth-order valence-corrected chi connectivity index (χ4v) is 1.33. The van der Waals surface area contributed by atoms with Crippen LogP contribution in [0, 0.1) is 0 Å². The first-order valence-electron chi connectivity index (χ1n) is 4.28. The summed E-state index contributed by atoms with van der Waals surface area (Å²) in [6, 6.07) is 0. The molecular formula is C11H16. The van der Waals surface area contributed by atoms with Gasteiger partial charge in [-0.3, -0.25) is 0 Å². The summed E-state index contributed by atoms with van der Waals surface area (Å²) in [5.74, 6) is 0. The second kappa shape index (κ2) is 3.56. The normalized spacial score (nSPS) is 17.3. The minimum atomic E-state index is 1.19. The van der Waals surface area contributed by atoms with E-state index in [0.29, 0.717) is 0 Å². The Kier molecular flexibility index (Phi) is 2.70. The summed E-state index contributed by atoms with van der Waals surface area (Å²) in [6.07, 6.45) is 8.07. The maximum absolute atomic E-state index is 3.93. The van der Waals surface area contributed by atoms with Crippen molar-refractivity contribution < 1.29 is 0 Å². The van der Waals surface area contributed by atoms with E-state index in [1.165, 1.54) is 30.4 Å². The van der Waals surface area contributed by atoms with Gasteiger partial charge in [0.25, 0.3) is 0 Å². The van der Waals surface area contributed by atoms with Gasteiger partial charge in [-0.05, 0) is 31.8 Å². The van der Waals surface area contributed by atoms with E-state index >= 15 is 0 Å². The minimum Gasteiger partial charge on any atom is -0.0958 e. The molecule has 0 saturated heterocycles. The highest BCUT2D eigenvalue weighted by atomic mass is 14.1. The van der Waals surface area contributed by atoms with E-state index < -0.39 is 0 Å². The van der Waals surface area contributed by atoms with Crippen LogP contribution in [-0.4, -0.2) is 0 Å². The van der Waals surface area contributed by atoms with Crippen molar-refractivity contribution in [2.45, 2.75) is 33.1 Å². The van der Waals surface area contributed by atoms with Gasteiger partial charge in [0.1, 0.15) is 0 Å². The Labute approximate surface area is 69.3 Å². The van der Waals surface area contributed by atoms with Crippen molar-refractivity contribution in [2.75, 3.05) is 0 Å². The van der Waals surface area contributed by atoms with Crippen molar-refractivity contribution in [1.82, 2.24) is 0 Å². The highest BCUT2D eigenvalue weighted by molar-refractivity contribution is 5.35. The van der Waals surface area contributed by atoms with E-state index in [4.69, 9.17) is 0 Å². The lowest BCUT2D eigenvalue weighted by molar-refractivity contribution is 0.863. The first kappa shape index (κ1) is 8.32. The fraction of sp³-hybridized carbons (Fsp3) is 0.455. The lowest BCUT2D eigenvalue weighted by Gasteiger charge is -2.12. The van der Waals surface area contributed by atoms with Gasteiger partial charge in [-0.2, -0.15) is 0 Å². The van der Waals surface area contributed by atoms with Crippen LogP contribution in [0.15, 0.2) is 35.5 Å². The zero-order chi connectivity index (χ0) is 8.27. The monoisotopic (exact) mass is 148 g/mol. The molecule has 60 valence electrons. The van der Waals surface area contributed by atoms with Gasteiger partial charge in [0.05, 0.1) is 0 Å². The summed E-state index contributed by atoms with van der Waals surface area (Å²) in [7, 11) is 0. The van der Waals surface area contributed by atoms with Gasteiger partial charge in [-0.15, -0.1) is 0 Å². The lowest BCUT2D eigenvalue weighted by Crippen LogP contribution is -1.93. The Hall–Kier alpha value is -0.780. The van der Waals surface area contributed by atoms with Crippen molar-refractivity contribution in [2.24, 2.45) is 0 Å². The highest BCUT2D eigenvalue weighted by Gasteiger charge is 2.04. The Bertz CT molecular complexity index is 216. The maximum Gasteiger partial charge on any atom is -0.0239 e. The molecule has 1 rings (SSSR count). The largest absolute Gasteiger partial charge is 0.0958 e. The first-order valence-corrected chi connectivity index (χ1v) is 4.28. The Morgan fingerprint density at radius 3 is 2.55 bits per heavy atom. The minimum absolute atomic E-state index is 1.19. The molecular weight excluding hydrogens is 132 g/mol. The molecule has 1 aliphatic rings. The molecule has 0 heteroatoms. The second-order valence-corrected chi connectivity index (χ2v) is 3.15. The van der Waals surface area contributed by atoms with E-state index in [2.05, 4.69) is 32.6 Å². The van der Waals surface area contributed by atoms with Crippen molar-refractivity contribution >= 4 is 0 Å². The number of allylic oxidation sites excluding steroid dienone is 5. The van der Waals surface area contributed by atoms with Crippen molar-refractivity contribution in [1.29, 1.82) is 0 Å². The summed E-state index contributed by atoms with van der Waals surface area (Å²) in [5.41, 5.74) is 4.20. The SMILES string of the molecule is C=C(C)C1=CC=C(CC)CC1. The molecule has 0 aromatic heterocycles. The molecule has 0 fully saturated rings. The molecule has 0 amide bonds. The Morgan fingerprint density at radius 1 is 1.45 bits per heavy atom. The Balaban J connectivity index is 2.69. The number of rotatable bonds is 2. The van der Waals surface area contributed by atoms with Crippen LogP contribution in [0.4, 0.5) is 0 Å². The van der Waals surface area contributed by atoms with Crippen LogP contribution in [-0.2, 0) is 0 Å². The van der Waals surface area contributed by atoms with Crippen molar-refractivity contribution in [3.05, 3.63) is 35.5 Å². The van der Waals surface area contributed by atoms with Gasteiger partial charge < -0.3 is 0 Å². The third kappa shape index (κ3) is 2.07. The first-order chi connectivity index (χ1) is 5.24. The predicted octanol–water partition coefficient (Wildman–Crippen LogP) is 3.62. The van der Waals surface area contributed by atoms with Crippen LogP contribution < -0.4 is 0 Å². The summed E-state index contributed by atoms with van der Waals surface area (Å²) < 4.78 is 0. The summed E-state index contributed by atoms with van der Waals surface area (Å²) >= 11 is 0. The predicted molar refractivity (Wildman–Crippen MR) is 50.5 cm³/mol. The molecule has 0 aromatic carbocycles. The zero-order valence-electron chi connectivity index (χ0n) is 7.48. The average Bonchev–Trinajstić information content (AvgIpc) is 2.05. The molecule has 0 N–H and O–H groups in total. The van der Waals surface area contributed by atoms with Crippen LogP contribution in [0.25, 0.3) is 0 Å². The van der Waals surface area contributed by atoms with Crippen LogP contribution >= 0.6 is 0 Å². The Morgan fingerprint density at radius 2 is 2.18 bits per heavy atom. The van der Waals surface area contributed by atoms with Crippen molar-refractivity contribution in [3.63, 3.8) is 0 Å². The van der Waals surface area contributed by atoms with Gasteiger partial charge in [0.2, 0.25) is 0 Å². The smallest absolute Gasteiger partial charge is 0.0239 e. The molecule has 11 heavy (non-hydrogen) atoms. The van der Waals surface area contributed by atoms with E-state index in [1.807, 2.05) is 0 Å². The lowest BCUT2D eigenvalue weighted by atomic mass is 9.93. The number of hydrogen-bond donors (Lipinski definition) is 0. The third-order valence-electron chi connectivity index (χ3n) is 2.24. The van der Waals surface area contributed by atoms with Gasteiger partial charge in [0.15, 0.2) is 0 Å². The van der Waals surface area contributed by atoms with Crippen LogP contribution in [0.3, 0.4) is 0 Å².